The third kappa shape index (κ3) is 3.74. The number of benzene rings is 1. The van der Waals surface area contributed by atoms with E-state index in [9.17, 15) is 17.6 Å². The molecule has 8 heteroatoms. The summed E-state index contributed by atoms with van der Waals surface area (Å²) in [5, 5.41) is 2.64. The summed E-state index contributed by atoms with van der Waals surface area (Å²) >= 11 is 0. The summed E-state index contributed by atoms with van der Waals surface area (Å²) in [6.45, 7) is 1.02. The Morgan fingerprint density at radius 3 is 2.40 bits per heavy atom. The number of hydrogen-bond donors (Lipinski definition) is 1. The second kappa shape index (κ2) is 6.97. The van der Waals surface area contributed by atoms with Gasteiger partial charge in [-0.05, 0) is 43.2 Å². The number of aromatic nitrogens is 1. The molecule has 0 atom stereocenters. The molecule has 1 amide bonds. The van der Waals surface area contributed by atoms with E-state index in [1.165, 1.54) is 45.4 Å². The molecule has 25 heavy (non-hydrogen) atoms. The molecule has 6 nitrogen and oxygen atoms in total. The van der Waals surface area contributed by atoms with Crippen molar-refractivity contribution >= 4 is 21.6 Å². The zero-order valence-corrected chi connectivity index (χ0v) is 14.7. The molecule has 0 bridgehead atoms. The molecule has 2 aromatic rings. The van der Waals surface area contributed by atoms with Crippen LogP contribution in [0.15, 0.2) is 41.4 Å². The highest BCUT2D eigenvalue weighted by atomic mass is 32.2. The molecule has 0 saturated carbocycles. The second-order valence-electron chi connectivity index (χ2n) is 6.10. The van der Waals surface area contributed by atoms with Gasteiger partial charge in [-0.15, -0.1) is 0 Å². The molecule has 0 radical (unpaired) electrons. The number of sulfonamides is 1. The van der Waals surface area contributed by atoms with Gasteiger partial charge in [-0.2, -0.15) is 4.31 Å². The van der Waals surface area contributed by atoms with Crippen molar-refractivity contribution in [3.8, 4) is 0 Å². The molecule has 0 unspecified atom stereocenters. The van der Waals surface area contributed by atoms with Gasteiger partial charge in [-0.3, -0.25) is 4.79 Å². The zero-order chi connectivity index (χ0) is 18.0. The number of nitrogens with one attached hydrogen (secondary N) is 1. The first kappa shape index (κ1) is 17.6. The molecule has 1 fully saturated rings. The SMILES string of the molecule is Cn1cc(S(=O)(=O)N2CCCCC2)cc1C(=O)Nc1ccc(F)cc1. The van der Waals surface area contributed by atoms with Gasteiger partial charge in [-0.1, -0.05) is 6.42 Å². The normalized spacial score (nSPS) is 15.9. The molecule has 2 heterocycles. The minimum atomic E-state index is -3.59. The molecule has 1 aromatic carbocycles. The van der Waals surface area contributed by atoms with Gasteiger partial charge in [0.05, 0.1) is 0 Å². The molecule has 0 aliphatic carbocycles. The van der Waals surface area contributed by atoms with Gasteiger partial charge in [0.1, 0.15) is 16.4 Å². The monoisotopic (exact) mass is 365 g/mol. The van der Waals surface area contributed by atoms with Gasteiger partial charge in [0.15, 0.2) is 0 Å². The van der Waals surface area contributed by atoms with Crippen molar-refractivity contribution in [3.63, 3.8) is 0 Å². The number of rotatable bonds is 4. The maximum Gasteiger partial charge on any atom is 0.272 e. The van der Waals surface area contributed by atoms with Crippen LogP contribution in [0.2, 0.25) is 0 Å². The first-order valence-electron chi connectivity index (χ1n) is 8.11. The number of amides is 1. The van der Waals surface area contributed by atoms with Crippen LogP contribution in [0.3, 0.4) is 0 Å². The molecule has 1 saturated heterocycles. The maximum absolute atomic E-state index is 12.9. The van der Waals surface area contributed by atoms with Gasteiger partial charge in [0.25, 0.3) is 5.91 Å². The molecule has 1 N–H and O–H groups in total. The Morgan fingerprint density at radius 2 is 1.76 bits per heavy atom. The Kier molecular flexibility index (Phi) is 4.91. The van der Waals surface area contributed by atoms with E-state index < -0.39 is 21.7 Å². The fourth-order valence-electron chi connectivity index (χ4n) is 2.88. The lowest BCUT2D eigenvalue weighted by atomic mass is 10.2. The minimum Gasteiger partial charge on any atom is -0.345 e. The van der Waals surface area contributed by atoms with E-state index >= 15 is 0 Å². The van der Waals surface area contributed by atoms with Crippen molar-refractivity contribution in [2.45, 2.75) is 24.2 Å². The summed E-state index contributed by atoms with van der Waals surface area (Å²) in [6.07, 6.45) is 4.18. The van der Waals surface area contributed by atoms with Crippen molar-refractivity contribution in [1.82, 2.24) is 8.87 Å². The number of carbonyl (C=O) groups is 1. The number of halogens is 1. The molecule has 3 rings (SSSR count). The second-order valence-corrected chi connectivity index (χ2v) is 8.04. The Hall–Kier alpha value is -2.19. The van der Waals surface area contributed by atoms with Crippen molar-refractivity contribution in [3.05, 3.63) is 48.0 Å². The predicted molar refractivity (Wildman–Crippen MR) is 92.4 cm³/mol. The largest absolute Gasteiger partial charge is 0.345 e. The van der Waals surface area contributed by atoms with Crippen LogP contribution in [0.4, 0.5) is 10.1 Å². The smallest absolute Gasteiger partial charge is 0.272 e. The van der Waals surface area contributed by atoms with E-state index in [2.05, 4.69) is 5.32 Å². The van der Waals surface area contributed by atoms with E-state index in [1.807, 2.05) is 0 Å². The first-order valence-corrected chi connectivity index (χ1v) is 9.55. The number of aryl methyl sites for hydroxylation is 1. The van der Waals surface area contributed by atoms with Gasteiger partial charge < -0.3 is 9.88 Å². The Balaban J connectivity index is 1.81. The average Bonchev–Trinajstić information content (AvgIpc) is 3.00. The van der Waals surface area contributed by atoms with Crippen LogP contribution in [0, 0.1) is 5.82 Å². The summed E-state index contributed by atoms with van der Waals surface area (Å²) < 4.78 is 41.3. The van der Waals surface area contributed by atoms with Gasteiger partial charge in [-0.25, -0.2) is 12.8 Å². The molecule has 1 aromatic heterocycles. The lowest BCUT2D eigenvalue weighted by Gasteiger charge is -2.25. The quantitative estimate of drug-likeness (QED) is 0.905. The molecular weight excluding hydrogens is 345 g/mol. The van der Waals surface area contributed by atoms with Gasteiger partial charge in [0.2, 0.25) is 10.0 Å². The third-order valence-corrected chi connectivity index (χ3v) is 6.13. The predicted octanol–water partition coefficient (Wildman–Crippen LogP) is 2.59. The Labute approximate surface area is 146 Å². The maximum atomic E-state index is 12.9. The third-order valence-electron chi connectivity index (χ3n) is 4.27. The van der Waals surface area contributed by atoms with Crippen LogP contribution in [-0.4, -0.2) is 36.3 Å². The van der Waals surface area contributed by atoms with E-state index in [0.29, 0.717) is 18.8 Å². The number of carbonyl (C=O) groups excluding carboxylic acids is 1. The van der Waals surface area contributed by atoms with E-state index in [1.54, 1.807) is 7.05 Å². The summed E-state index contributed by atoms with van der Waals surface area (Å²) in [4.78, 5) is 12.5. The highest BCUT2D eigenvalue weighted by Crippen LogP contribution is 2.22. The van der Waals surface area contributed by atoms with Gasteiger partial charge >= 0.3 is 0 Å². The molecule has 134 valence electrons. The summed E-state index contributed by atoms with van der Waals surface area (Å²) in [5.41, 5.74) is 0.660. The summed E-state index contributed by atoms with van der Waals surface area (Å²) in [5.74, 6) is -0.846. The van der Waals surface area contributed by atoms with Crippen LogP contribution in [0.25, 0.3) is 0 Å². The Bertz CT molecular complexity index is 869. The van der Waals surface area contributed by atoms with Crippen LogP contribution in [0.5, 0.6) is 0 Å². The molecule has 1 aliphatic rings. The van der Waals surface area contributed by atoms with E-state index in [0.717, 1.165) is 19.3 Å². The Morgan fingerprint density at radius 1 is 1.12 bits per heavy atom. The van der Waals surface area contributed by atoms with E-state index in [-0.39, 0.29) is 10.6 Å². The van der Waals surface area contributed by atoms with Crippen LogP contribution in [-0.2, 0) is 17.1 Å². The minimum absolute atomic E-state index is 0.112. The molecule has 0 spiro atoms. The van der Waals surface area contributed by atoms with E-state index in [4.69, 9.17) is 0 Å². The fourth-order valence-corrected chi connectivity index (χ4v) is 4.47. The zero-order valence-electron chi connectivity index (χ0n) is 13.9. The topological polar surface area (TPSA) is 71.4 Å². The van der Waals surface area contributed by atoms with Crippen molar-refractivity contribution in [1.29, 1.82) is 0 Å². The standard InChI is InChI=1S/C17H20FN3O3S/c1-20-12-15(25(23,24)21-9-3-2-4-10-21)11-16(20)17(22)19-14-7-5-13(18)6-8-14/h5-8,11-12H,2-4,9-10H2,1H3,(H,19,22). The van der Waals surface area contributed by atoms with Gasteiger partial charge in [0, 0.05) is 32.0 Å². The molecular formula is C17H20FN3O3S. The van der Waals surface area contributed by atoms with Crippen molar-refractivity contribution in [2.75, 3.05) is 18.4 Å². The highest BCUT2D eigenvalue weighted by Gasteiger charge is 2.28. The van der Waals surface area contributed by atoms with Crippen molar-refractivity contribution in [2.24, 2.45) is 7.05 Å². The average molecular weight is 365 g/mol. The van der Waals surface area contributed by atoms with Crippen LogP contribution < -0.4 is 5.32 Å². The number of hydrogen-bond acceptors (Lipinski definition) is 3. The lowest BCUT2D eigenvalue weighted by molar-refractivity contribution is 0.101. The van der Waals surface area contributed by atoms with Crippen LogP contribution >= 0.6 is 0 Å². The fraction of sp³-hybridized carbons (Fsp3) is 0.353. The first-order chi connectivity index (χ1) is 11.9. The van der Waals surface area contributed by atoms with Crippen molar-refractivity contribution < 1.29 is 17.6 Å². The highest BCUT2D eigenvalue weighted by molar-refractivity contribution is 7.89. The number of nitrogens with zero attached hydrogens (tertiary/aromatic N) is 2. The van der Waals surface area contributed by atoms with Crippen LogP contribution in [0.1, 0.15) is 29.8 Å². The molecule has 1 aliphatic heterocycles. The number of piperidine rings is 1. The number of anilines is 1. The summed E-state index contributed by atoms with van der Waals surface area (Å²) in [7, 11) is -1.97. The summed E-state index contributed by atoms with van der Waals surface area (Å²) in [6, 6.07) is 6.76. The lowest BCUT2D eigenvalue weighted by Crippen LogP contribution is -2.35.